The standard InChI is InChI=1S/C15H21NO2/c1-17-13-3-2-11-4-7-15(16,14(11)10-13)12-5-8-18-9-6-12/h2-3,10,12H,4-9,16H2,1H3. The second-order valence-electron chi connectivity index (χ2n) is 5.45. The third-order valence-corrected chi connectivity index (χ3v) is 4.58. The van der Waals surface area contributed by atoms with Gasteiger partial charge in [-0.25, -0.2) is 0 Å². The molecule has 1 unspecified atom stereocenters. The van der Waals surface area contributed by atoms with Crippen LogP contribution in [-0.4, -0.2) is 20.3 Å². The molecule has 1 aromatic carbocycles. The van der Waals surface area contributed by atoms with E-state index < -0.39 is 0 Å². The maximum absolute atomic E-state index is 6.76. The molecule has 1 atom stereocenters. The number of ether oxygens (including phenoxy) is 2. The monoisotopic (exact) mass is 247 g/mol. The summed E-state index contributed by atoms with van der Waals surface area (Å²) < 4.78 is 10.8. The second kappa shape index (κ2) is 4.56. The van der Waals surface area contributed by atoms with E-state index >= 15 is 0 Å². The van der Waals surface area contributed by atoms with E-state index in [9.17, 15) is 0 Å². The average molecular weight is 247 g/mol. The van der Waals surface area contributed by atoms with Crippen molar-refractivity contribution in [2.75, 3.05) is 20.3 Å². The largest absolute Gasteiger partial charge is 0.497 e. The first-order valence-corrected chi connectivity index (χ1v) is 6.78. The average Bonchev–Trinajstić information content (AvgIpc) is 2.78. The fraction of sp³-hybridized carbons (Fsp3) is 0.600. The van der Waals surface area contributed by atoms with Gasteiger partial charge in [0.1, 0.15) is 5.75 Å². The summed E-state index contributed by atoms with van der Waals surface area (Å²) in [5.74, 6) is 1.46. The summed E-state index contributed by atoms with van der Waals surface area (Å²) in [6, 6.07) is 6.34. The Labute approximate surface area is 108 Å². The molecule has 0 amide bonds. The number of hydrogen-bond acceptors (Lipinski definition) is 3. The third kappa shape index (κ3) is 1.82. The van der Waals surface area contributed by atoms with Crippen LogP contribution < -0.4 is 10.5 Å². The van der Waals surface area contributed by atoms with Gasteiger partial charge in [-0.05, 0) is 54.9 Å². The highest BCUT2D eigenvalue weighted by Crippen LogP contribution is 2.44. The first-order valence-electron chi connectivity index (χ1n) is 6.78. The quantitative estimate of drug-likeness (QED) is 0.871. The van der Waals surface area contributed by atoms with E-state index in [1.54, 1.807) is 7.11 Å². The Morgan fingerprint density at radius 1 is 1.33 bits per heavy atom. The third-order valence-electron chi connectivity index (χ3n) is 4.58. The highest BCUT2D eigenvalue weighted by atomic mass is 16.5. The molecule has 1 aromatic rings. The van der Waals surface area contributed by atoms with Gasteiger partial charge in [-0.2, -0.15) is 0 Å². The minimum Gasteiger partial charge on any atom is -0.497 e. The van der Waals surface area contributed by atoms with Crippen LogP contribution in [-0.2, 0) is 16.7 Å². The lowest BCUT2D eigenvalue weighted by atomic mass is 9.76. The van der Waals surface area contributed by atoms with Crippen LogP contribution >= 0.6 is 0 Å². The molecule has 1 aliphatic carbocycles. The van der Waals surface area contributed by atoms with Crippen molar-refractivity contribution in [1.82, 2.24) is 0 Å². The van der Waals surface area contributed by atoms with Gasteiger partial charge in [0.15, 0.2) is 0 Å². The molecule has 1 aliphatic heterocycles. The van der Waals surface area contributed by atoms with E-state index in [2.05, 4.69) is 12.1 Å². The zero-order valence-electron chi connectivity index (χ0n) is 10.9. The highest BCUT2D eigenvalue weighted by Gasteiger charge is 2.42. The molecule has 3 nitrogen and oxygen atoms in total. The fourth-order valence-electron chi connectivity index (χ4n) is 3.45. The Balaban J connectivity index is 1.95. The van der Waals surface area contributed by atoms with Gasteiger partial charge in [0.05, 0.1) is 7.11 Å². The smallest absolute Gasteiger partial charge is 0.119 e. The minimum absolute atomic E-state index is 0.173. The number of methoxy groups -OCH3 is 1. The molecule has 18 heavy (non-hydrogen) atoms. The van der Waals surface area contributed by atoms with Crippen LogP contribution in [0.1, 0.15) is 30.4 Å². The molecule has 2 aliphatic rings. The SMILES string of the molecule is COc1ccc2c(c1)C(N)(C1CCOCC1)CC2. The van der Waals surface area contributed by atoms with Crippen LogP contribution in [0.3, 0.4) is 0 Å². The number of benzene rings is 1. The van der Waals surface area contributed by atoms with Crippen molar-refractivity contribution < 1.29 is 9.47 Å². The molecule has 0 aromatic heterocycles. The predicted octanol–water partition coefficient (Wildman–Crippen LogP) is 2.22. The summed E-state index contributed by atoms with van der Waals surface area (Å²) in [5.41, 5.74) is 9.28. The van der Waals surface area contributed by atoms with Crippen LogP contribution in [0.5, 0.6) is 5.75 Å². The molecule has 0 radical (unpaired) electrons. The number of hydrogen-bond donors (Lipinski definition) is 1. The van der Waals surface area contributed by atoms with E-state index in [0.717, 1.165) is 44.6 Å². The van der Waals surface area contributed by atoms with Crippen molar-refractivity contribution in [1.29, 1.82) is 0 Å². The van der Waals surface area contributed by atoms with E-state index in [1.807, 2.05) is 6.07 Å². The summed E-state index contributed by atoms with van der Waals surface area (Å²) in [6.07, 6.45) is 4.30. The Morgan fingerprint density at radius 2 is 2.11 bits per heavy atom. The lowest BCUT2D eigenvalue weighted by molar-refractivity contribution is 0.0374. The van der Waals surface area contributed by atoms with Gasteiger partial charge in [0.2, 0.25) is 0 Å². The maximum atomic E-state index is 6.76. The molecule has 1 saturated heterocycles. The highest BCUT2D eigenvalue weighted by molar-refractivity contribution is 5.44. The Hall–Kier alpha value is -1.06. The van der Waals surface area contributed by atoms with Gasteiger partial charge < -0.3 is 15.2 Å². The topological polar surface area (TPSA) is 44.5 Å². The summed E-state index contributed by atoms with van der Waals surface area (Å²) in [7, 11) is 1.71. The van der Waals surface area contributed by atoms with Crippen LogP contribution in [0.4, 0.5) is 0 Å². The van der Waals surface area contributed by atoms with E-state index in [0.29, 0.717) is 5.92 Å². The van der Waals surface area contributed by atoms with Crippen LogP contribution in [0, 0.1) is 5.92 Å². The Bertz CT molecular complexity index is 440. The molecular weight excluding hydrogens is 226 g/mol. The molecule has 3 heteroatoms. The van der Waals surface area contributed by atoms with Crippen molar-refractivity contribution in [2.24, 2.45) is 11.7 Å². The zero-order valence-corrected chi connectivity index (χ0v) is 10.9. The first kappa shape index (κ1) is 12.0. The summed E-state index contributed by atoms with van der Waals surface area (Å²) in [6.45, 7) is 1.70. The maximum Gasteiger partial charge on any atom is 0.119 e. The van der Waals surface area contributed by atoms with E-state index in [-0.39, 0.29) is 5.54 Å². The summed E-state index contributed by atoms with van der Waals surface area (Å²) >= 11 is 0. The predicted molar refractivity (Wildman–Crippen MR) is 70.7 cm³/mol. The number of nitrogens with two attached hydrogens (primary N) is 1. The number of aryl methyl sites for hydroxylation is 1. The van der Waals surface area contributed by atoms with Crippen molar-refractivity contribution in [3.63, 3.8) is 0 Å². The van der Waals surface area contributed by atoms with Crippen molar-refractivity contribution >= 4 is 0 Å². The lowest BCUT2D eigenvalue weighted by Gasteiger charge is -2.37. The normalized spacial score (nSPS) is 28.1. The van der Waals surface area contributed by atoms with Crippen molar-refractivity contribution in [3.05, 3.63) is 29.3 Å². The van der Waals surface area contributed by atoms with Gasteiger partial charge in [0.25, 0.3) is 0 Å². The number of rotatable bonds is 2. The summed E-state index contributed by atoms with van der Waals surface area (Å²) in [4.78, 5) is 0. The first-order chi connectivity index (χ1) is 8.74. The van der Waals surface area contributed by atoms with Crippen LogP contribution in [0.25, 0.3) is 0 Å². The molecule has 2 N–H and O–H groups in total. The van der Waals surface area contributed by atoms with Gasteiger partial charge in [-0.15, -0.1) is 0 Å². The minimum atomic E-state index is -0.173. The van der Waals surface area contributed by atoms with Crippen molar-refractivity contribution in [2.45, 2.75) is 31.2 Å². The lowest BCUT2D eigenvalue weighted by Crippen LogP contribution is -2.44. The van der Waals surface area contributed by atoms with E-state index in [1.165, 1.54) is 11.1 Å². The molecule has 1 heterocycles. The summed E-state index contributed by atoms with van der Waals surface area (Å²) in [5, 5.41) is 0. The molecule has 0 saturated carbocycles. The van der Waals surface area contributed by atoms with Crippen LogP contribution in [0.2, 0.25) is 0 Å². The number of fused-ring (bicyclic) bond motifs is 1. The molecule has 1 fully saturated rings. The van der Waals surface area contributed by atoms with E-state index in [4.69, 9.17) is 15.2 Å². The second-order valence-corrected chi connectivity index (χ2v) is 5.45. The zero-order chi connectivity index (χ0) is 12.6. The molecule has 98 valence electrons. The fourth-order valence-corrected chi connectivity index (χ4v) is 3.45. The van der Waals surface area contributed by atoms with Gasteiger partial charge in [-0.1, -0.05) is 6.07 Å². The molecule has 0 spiro atoms. The van der Waals surface area contributed by atoms with Crippen molar-refractivity contribution in [3.8, 4) is 5.75 Å². The van der Waals surface area contributed by atoms with Gasteiger partial charge in [-0.3, -0.25) is 0 Å². The molecule has 0 bridgehead atoms. The molecular formula is C15H21NO2. The Kier molecular flexibility index (Phi) is 3.04. The Morgan fingerprint density at radius 3 is 2.83 bits per heavy atom. The van der Waals surface area contributed by atoms with Gasteiger partial charge in [0, 0.05) is 18.8 Å². The van der Waals surface area contributed by atoms with Crippen LogP contribution in [0.15, 0.2) is 18.2 Å². The van der Waals surface area contributed by atoms with Gasteiger partial charge >= 0.3 is 0 Å². The molecule has 3 rings (SSSR count).